The number of hydrogen-bond acceptors (Lipinski definition) is 2. The van der Waals surface area contributed by atoms with E-state index in [1.807, 2.05) is 6.92 Å². The number of nitrogens with one attached hydrogen (secondary N) is 1. The zero-order valence-corrected chi connectivity index (χ0v) is 10.6. The van der Waals surface area contributed by atoms with E-state index in [4.69, 9.17) is 0 Å². The second-order valence-electron chi connectivity index (χ2n) is 4.40. The Kier molecular flexibility index (Phi) is 7.18. The monoisotopic (exact) mass is 254 g/mol. The summed E-state index contributed by atoms with van der Waals surface area (Å²) in [4.78, 5) is 12.7. The van der Waals surface area contributed by atoms with Gasteiger partial charge < -0.3 is 10.2 Å². The maximum atomic E-state index is 11.9. The minimum atomic E-state index is -4.07. The first-order valence-electron chi connectivity index (χ1n) is 5.72. The lowest BCUT2D eigenvalue weighted by atomic mass is 10.1. The molecular formula is C11H21F3N2O. The van der Waals surface area contributed by atoms with Gasteiger partial charge in [-0.1, -0.05) is 0 Å². The van der Waals surface area contributed by atoms with Crippen LogP contribution in [0.4, 0.5) is 13.2 Å². The number of carbonyl (C=O) groups excluding carboxylic acids is 1. The predicted molar refractivity (Wildman–Crippen MR) is 60.7 cm³/mol. The number of carbonyl (C=O) groups is 1. The van der Waals surface area contributed by atoms with Gasteiger partial charge in [-0.3, -0.25) is 4.79 Å². The maximum absolute atomic E-state index is 11.9. The molecule has 0 saturated carbocycles. The van der Waals surface area contributed by atoms with Gasteiger partial charge in [0.05, 0.1) is 0 Å². The average Bonchev–Trinajstić information content (AvgIpc) is 2.15. The van der Waals surface area contributed by atoms with Crippen molar-refractivity contribution in [2.75, 3.05) is 20.6 Å². The molecule has 0 aliphatic carbocycles. The highest BCUT2D eigenvalue weighted by Crippen LogP contribution is 2.22. The van der Waals surface area contributed by atoms with Gasteiger partial charge in [0, 0.05) is 39.5 Å². The van der Waals surface area contributed by atoms with Crippen molar-refractivity contribution in [1.29, 1.82) is 0 Å². The van der Waals surface area contributed by atoms with Crippen molar-refractivity contribution < 1.29 is 18.0 Å². The molecule has 0 aromatic heterocycles. The van der Waals surface area contributed by atoms with E-state index in [2.05, 4.69) is 5.32 Å². The fraction of sp³-hybridized carbons (Fsp3) is 0.909. The van der Waals surface area contributed by atoms with Crippen LogP contribution < -0.4 is 5.32 Å². The van der Waals surface area contributed by atoms with Gasteiger partial charge in [-0.25, -0.2) is 0 Å². The van der Waals surface area contributed by atoms with Crippen LogP contribution in [0.5, 0.6) is 0 Å². The molecule has 0 radical (unpaired) electrons. The summed E-state index contributed by atoms with van der Waals surface area (Å²) in [6, 6.07) is 0.00677. The number of halogens is 3. The molecule has 0 rings (SSSR count). The van der Waals surface area contributed by atoms with Gasteiger partial charge in [-0.15, -0.1) is 0 Å². The van der Waals surface area contributed by atoms with E-state index in [-0.39, 0.29) is 18.4 Å². The second-order valence-corrected chi connectivity index (χ2v) is 4.40. The van der Waals surface area contributed by atoms with E-state index in [1.165, 1.54) is 4.90 Å². The summed E-state index contributed by atoms with van der Waals surface area (Å²) in [6.45, 7) is 2.33. The van der Waals surface area contributed by atoms with Gasteiger partial charge >= 0.3 is 6.18 Å². The first-order valence-corrected chi connectivity index (χ1v) is 5.72. The van der Waals surface area contributed by atoms with Gasteiger partial charge in [0.15, 0.2) is 0 Å². The minimum absolute atomic E-state index is 0.00677. The molecule has 1 N–H and O–H groups in total. The topological polar surface area (TPSA) is 32.3 Å². The zero-order valence-electron chi connectivity index (χ0n) is 10.6. The molecule has 1 unspecified atom stereocenters. The summed E-state index contributed by atoms with van der Waals surface area (Å²) in [7, 11) is 3.35. The Balaban J connectivity index is 3.54. The molecule has 0 spiro atoms. The van der Waals surface area contributed by atoms with Crippen LogP contribution in [-0.4, -0.2) is 43.7 Å². The van der Waals surface area contributed by atoms with Crippen molar-refractivity contribution in [2.24, 2.45) is 0 Å². The maximum Gasteiger partial charge on any atom is 0.389 e. The lowest BCUT2D eigenvalue weighted by Crippen LogP contribution is -2.31. The average molecular weight is 254 g/mol. The Hall–Kier alpha value is -0.780. The van der Waals surface area contributed by atoms with E-state index >= 15 is 0 Å². The predicted octanol–water partition coefficient (Wildman–Crippen LogP) is 2.18. The van der Waals surface area contributed by atoms with Crippen LogP contribution in [0, 0.1) is 0 Å². The molecule has 0 aliphatic rings. The molecule has 6 heteroatoms. The number of alkyl halides is 3. The summed E-state index contributed by atoms with van der Waals surface area (Å²) in [5.41, 5.74) is 0. The molecule has 1 amide bonds. The summed E-state index contributed by atoms with van der Waals surface area (Å²) in [5.74, 6) is 0.0139. The van der Waals surface area contributed by atoms with Gasteiger partial charge in [-0.2, -0.15) is 13.2 Å². The van der Waals surface area contributed by atoms with Gasteiger partial charge in [0.1, 0.15) is 0 Å². The van der Waals surface area contributed by atoms with Crippen LogP contribution in [0.3, 0.4) is 0 Å². The number of amides is 1. The molecule has 1 atom stereocenters. The molecule has 0 saturated heterocycles. The molecule has 0 aliphatic heterocycles. The third kappa shape index (κ3) is 10.1. The molecule has 0 fully saturated rings. The number of nitrogens with zero attached hydrogens (tertiary/aromatic N) is 1. The summed E-state index contributed by atoms with van der Waals surface area (Å²) < 4.78 is 35.6. The SMILES string of the molecule is CC(CCCC(F)(F)F)NCCC(=O)N(C)C. The van der Waals surface area contributed by atoms with E-state index in [9.17, 15) is 18.0 Å². The lowest BCUT2D eigenvalue weighted by Gasteiger charge is -2.15. The quantitative estimate of drug-likeness (QED) is 0.755. The smallest absolute Gasteiger partial charge is 0.349 e. The third-order valence-corrected chi connectivity index (χ3v) is 2.43. The highest BCUT2D eigenvalue weighted by atomic mass is 19.4. The highest BCUT2D eigenvalue weighted by Gasteiger charge is 2.26. The van der Waals surface area contributed by atoms with Crippen LogP contribution in [0.25, 0.3) is 0 Å². The Morgan fingerprint density at radius 2 is 1.94 bits per heavy atom. The Labute approximate surface area is 100 Å². The van der Waals surface area contributed by atoms with Crippen molar-refractivity contribution in [2.45, 2.75) is 44.8 Å². The molecule has 0 heterocycles. The Morgan fingerprint density at radius 1 is 1.35 bits per heavy atom. The second kappa shape index (κ2) is 7.53. The van der Waals surface area contributed by atoms with E-state index in [0.717, 1.165) is 0 Å². The summed E-state index contributed by atoms with van der Waals surface area (Å²) in [6.07, 6.45) is -3.85. The van der Waals surface area contributed by atoms with Crippen LogP contribution >= 0.6 is 0 Å². The molecule has 0 bridgehead atoms. The normalized spacial score (nSPS) is 13.5. The standard InChI is InChI=1S/C11H21F3N2O/c1-9(5-4-7-11(12,13)14)15-8-6-10(17)16(2)3/h9,15H,4-8H2,1-3H3. The fourth-order valence-corrected chi connectivity index (χ4v) is 1.36. The first-order chi connectivity index (χ1) is 7.72. The van der Waals surface area contributed by atoms with Crippen LogP contribution in [0.1, 0.15) is 32.6 Å². The molecule has 102 valence electrons. The van der Waals surface area contributed by atoms with Crippen LogP contribution in [0.2, 0.25) is 0 Å². The van der Waals surface area contributed by atoms with Gasteiger partial charge in [-0.05, 0) is 19.8 Å². The Bertz CT molecular complexity index is 229. The third-order valence-electron chi connectivity index (χ3n) is 2.43. The van der Waals surface area contributed by atoms with Crippen LogP contribution in [0.15, 0.2) is 0 Å². The minimum Gasteiger partial charge on any atom is -0.349 e. The summed E-state index contributed by atoms with van der Waals surface area (Å²) >= 11 is 0. The fourth-order valence-electron chi connectivity index (χ4n) is 1.36. The van der Waals surface area contributed by atoms with Crippen LogP contribution in [-0.2, 0) is 4.79 Å². The first kappa shape index (κ1) is 16.2. The van der Waals surface area contributed by atoms with Gasteiger partial charge in [0.25, 0.3) is 0 Å². The molecule has 17 heavy (non-hydrogen) atoms. The van der Waals surface area contributed by atoms with Crippen molar-refractivity contribution in [3.05, 3.63) is 0 Å². The molecule has 3 nitrogen and oxygen atoms in total. The number of rotatable bonds is 7. The molecule has 0 aromatic rings. The summed E-state index contributed by atoms with van der Waals surface area (Å²) in [5, 5.41) is 3.04. The largest absolute Gasteiger partial charge is 0.389 e. The van der Waals surface area contributed by atoms with Crippen molar-refractivity contribution >= 4 is 5.91 Å². The molecule has 0 aromatic carbocycles. The lowest BCUT2D eigenvalue weighted by molar-refractivity contribution is -0.135. The van der Waals surface area contributed by atoms with Crippen molar-refractivity contribution in [1.82, 2.24) is 10.2 Å². The number of hydrogen-bond donors (Lipinski definition) is 1. The Morgan fingerprint density at radius 3 is 2.41 bits per heavy atom. The van der Waals surface area contributed by atoms with E-state index in [0.29, 0.717) is 19.4 Å². The molecular weight excluding hydrogens is 233 g/mol. The zero-order chi connectivity index (χ0) is 13.5. The van der Waals surface area contributed by atoms with E-state index in [1.54, 1.807) is 14.1 Å². The van der Waals surface area contributed by atoms with Gasteiger partial charge in [0.2, 0.25) is 5.91 Å². The van der Waals surface area contributed by atoms with E-state index < -0.39 is 12.6 Å². The highest BCUT2D eigenvalue weighted by molar-refractivity contribution is 5.75. The van der Waals surface area contributed by atoms with Crippen molar-refractivity contribution in [3.63, 3.8) is 0 Å². The van der Waals surface area contributed by atoms with Crippen molar-refractivity contribution in [3.8, 4) is 0 Å².